The minimum atomic E-state index is -0.841. The Labute approximate surface area is 159 Å². The number of hydrogen-bond donors (Lipinski definition) is 2. The molecule has 0 spiro atoms. The predicted octanol–water partition coefficient (Wildman–Crippen LogP) is 4.94. The van der Waals surface area contributed by atoms with Gasteiger partial charge >= 0.3 is 5.97 Å². The van der Waals surface area contributed by atoms with Crippen LogP contribution in [0.3, 0.4) is 0 Å². The number of hydrogen-bond acceptors (Lipinski definition) is 3. The second kappa shape index (κ2) is 12.8. The van der Waals surface area contributed by atoms with Crippen LogP contribution in [0.15, 0.2) is 29.5 Å². The van der Waals surface area contributed by atoms with Gasteiger partial charge in [-0.2, -0.15) is 0 Å². The number of carboxylic acid groups (broad SMARTS) is 1. The van der Waals surface area contributed by atoms with Crippen molar-refractivity contribution in [3.05, 3.63) is 24.6 Å². The Bertz CT molecular complexity index is 497. The Kier molecular flexibility index (Phi) is 11.1. The van der Waals surface area contributed by atoms with E-state index in [1.807, 2.05) is 13.1 Å². The van der Waals surface area contributed by atoms with Crippen LogP contribution in [0.25, 0.3) is 0 Å². The highest BCUT2D eigenvalue weighted by molar-refractivity contribution is 5.81. The summed E-state index contributed by atoms with van der Waals surface area (Å²) in [6.07, 6.45) is 21.0. The fourth-order valence-corrected chi connectivity index (χ4v) is 3.48. The third-order valence-corrected chi connectivity index (χ3v) is 5.08. The first kappa shape index (κ1) is 22.6. The SMILES string of the molecule is CC/C=C/CCCCCCCCCCC1=NC=C[N+]1(CC(=O)O)C(C)N. The Hall–Kier alpha value is -1.46. The van der Waals surface area contributed by atoms with Gasteiger partial charge in [-0.15, -0.1) is 0 Å². The summed E-state index contributed by atoms with van der Waals surface area (Å²) in [5.41, 5.74) is 6.08. The highest BCUT2D eigenvalue weighted by atomic mass is 16.4. The molecule has 0 amide bonds. The topological polar surface area (TPSA) is 75.7 Å². The number of allylic oxidation sites excluding steroid dienone is 2. The molecule has 1 heterocycles. The summed E-state index contributed by atoms with van der Waals surface area (Å²) >= 11 is 0. The Morgan fingerprint density at radius 2 is 1.77 bits per heavy atom. The van der Waals surface area contributed by atoms with E-state index in [1.165, 1.54) is 51.4 Å². The van der Waals surface area contributed by atoms with Gasteiger partial charge in [0.2, 0.25) is 5.84 Å². The van der Waals surface area contributed by atoms with Gasteiger partial charge in [0.25, 0.3) is 0 Å². The van der Waals surface area contributed by atoms with Crippen LogP contribution < -0.4 is 5.73 Å². The first-order valence-corrected chi connectivity index (χ1v) is 10.3. The number of carbonyl (C=O) groups is 1. The van der Waals surface area contributed by atoms with E-state index >= 15 is 0 Å². The third-order valence-electron chi connectivity index (χ3n) is 5.08. The summed E-state index contributed by atoms with van der Waals surface area (Å²) in [6, 6.07) is 0. The van der Waals surface area contributed by atoms with Crippen LogP contribution in [-0.4, -0.2) is 34.1 Å². The lowest BCUT2D eigenvalue weighted by atomic mass is 10.1. The second-order valence-electron chi connectivity index (χ2n) is 7.31. The highest BCUT2D eigenvalue weighted by Gasteiger charge is 2.40. The largest absolute Gasteiger partial charge is 0.477 e. The maximum atomic E-state index is 11.2. The van der Waals surface area contributed by atoms with Gasteiger partial charge in [-0.05, 0) is 25.7 Å². The minimum Gasteiger partial charge on any atom is -0.477 e. The van der Waals surface area contributed by atoms with Crippen LogP contribution in [0, 0.1) is 0 Å². The molecule has 0 fully saturated rings. The number of rotatable bonds is 15. The molecule has 0 saturated heterocycles. The van der Waals surface area contributed by atoms with E-state index in [0.717, 1.165) is 25.1 Å². The van der Waals surface area contributed by atoms with Gasteiger partial charge in [0.1, 0.15) is 12.4 Å². The van der Waals surface area contributed by atoms with Crippen molar-refractivity contribution in [3.8, 4) is 0 Å². The predicted molar refractivity (Wildman–Crippen MR) is 109 cm³/mol. The lowest BCUT2D eigenvalue weighted by Crippen LogP contribution is -2.59. The van der Waals surface area contributed by atoms with Gasteiger partial charge in [-0.25, -0.2) is 14.3 Å². The molecule has 1 aliphatic heterocycles. The van der Waals surface area contributed by atoms with Crippen LogP contribution in [-0.2, 0) is 4.79 Å². The molecule has 3 N–H and O–H groups in total. The van der Waals surface area contributed by atoms with Crippen LogP contribution in [0.5, 0.6) is 0 Å². The number of unbranched alkanes of at least 4 members (excludes halogenated alkanes) is 8. The maximum Gasteiger partial charge on any atom is 0.360 e. The Morgan fingerprint density at radius 3 is 2.35 bits per heavy atom. The number of aliphatic carboxylic acids is 1. The molecule has 0 bridgehead atoms. The average Bonchev–Trinajstić information content (AvgIpc) is 2.99. The number of quaternary nitrogens is 1. The van der Waals surface area contributed by atoms with Crippen LogP contribution in [0.1, 0.15) is 84.5 Å². The number of nitrogens with zero attached hydrogens (tertiary/aromatic N) is 2. The number of aliphatic imine (C=N–C) groups is 1. The van der Waals surface area contributed by atoms with Gasteiger partial charge in [-0.1, -0.05) is 57.6 Å². The zero-order chi connectivity index (χ0) is 19.3. The van der Waals surface area contributed by atoms with Crippen molar-refractivity contribution in [1.82, 2.24) is 0 Å². The van der Waals surface area contributed by atoms with E-state index in [4.69, 9.17) is 5.73 Å². The molecule has 1 rings (SSSR count). The first-order valence-electron chi connectivity index (χ1n) is 10.3. The summed E-state index contributed by atoms with van der Waals surface area (Å²) in [5.74, 6) is 0.0502. The lowest BCUT2D eigenvalue weighted by Gasteiger charge is -2.34. The van der Waals surface area contributed by atoms with Crippen molar-refractivity contribution in [1.29, 1.82) is 0 Å². The van der Waals surface area contributed by atoms with Gasteiger partial charge in [0.15, 0.2) is 6.54 Å². The monoisotopic (exact) mass is 364 g/mol. The number of amidine groups is 1. The number of nitrogens with two attached hydrogens (primary N) is 1. The Balaban J connectivity index is 2.14. The normalized spacial score (nSPS) is 20.7. The zero-order valence-corrected chi connectivity index (χ0v) is 16.7. The van der Waals surface area contributed by atoms with Gasteiger partial charge in [0, 0.05) is 13.3 Å². The third kappa shape index (κ3) is 7.83. The van der Waals surface area contributed by atoms with E-state index in [0.29, 0.717) is 0 Å². The van der Waals surface area contributed by atoms with Crippen molar-refractivity contribution in [3.63, 3.8) is 0 Å². The zero-order valence-electron chi connectivity index (χ0n) is 16.7. The molecule has 0 aliphatic carbocycles. The molecule has 0 aromatic heterocycles. The molecular formula is C21H38N3O2+. The fourth-order valence-electron chi connectivity index (χ4n) is 3.48. The molecule has 2 atom stereocenters. The van der Waals surface area contributed by atoms with Crippen molar-refractivity contribution >= 4 is 11.8 Å². The molecule has 0 saturated carbocycles. The van der Waals surface area contributed by atoms with E-state index in [2.05, 4.69) is 24.1 Å². The maximum absolute atomic E-state index is 11.2. The molecule has 1 aliphatic rings. The summed E-state index contributed by atoms with van der Waals surface area (Å²) < 4.78 is 0.168. The molecule has 0 aromatic carbocycles. The van der Waals surface area contributed by atoms with E-state index in [9.17, 15) is 9.90 Å². The van der Waals surface area contributed by atoms with E-state index in [-0.39, 0.29) is 17.2 Å². The molecule has 5 nitrogen and oxygen atoms in total. The second-order valence-corrected chi connectivity index (χ2v) is 7.31. The Morgan fingerprint density at radius 1 is 1.15 bits per heavy atom. The summed E-state index contributed by atoms with van der Waals surface area (Å²) in [7, 11) is 0. The average molecular weight is 365 g/mol. The molecule has 5 heteroatoms. The van der Waals surface area contributed by atoms with E-state index < -0.39 is 5.97 Å². The molecule has 26 heavy (non-hydrogen) atoms. The van der Waals surface area contributed by atoms with Crippen LogP contribution in [0.4, 0.5) is 0 Å². The van der Waals surface area contributed by atoms with Gasteiger partial charge in [-0.3, -0.25) is 5.73 Å². The summed E-state index contributed by atoms with van der Waals surface area (Å²) in [6.45, 7) is 4.00. The summed E-state index contributed by atoms with van der Waals surface area (Å²) in [4.78, 5) is 15.6. The number of carboxylic acids is 1. The quantitative estimate of drug-likeness (QED) is 0.245. The summed E-state index contributed by atoms with van der Waals surface area (Å²) in [5, 5.41) is 9.21. The molecule has 0 aromatic rings. The molecular weight excluding hydrogens is 326 g/mol. The van der Waals surface area contributed by atoms with E-state index in [1.54, 1.807) is 6.20 Å². The smallest absolute Gasteiger partial charge is 0.360 e. The van der Waals surface area contributed by atoms with Gasteiger partial charge < -0.3 is 5.11 Å². The lowest BCUT2D eigenvalue weighted by molar-refractivity contribution is -0.805. The van der Waals surface area contributed by atoms with Crippen LogP contribution >= 0.6 is 0 Å². The fraction of sp³-hybridized carbons (Fsp3) is 0.714. The standard InChI is InChI=1S/C21H37N3O2/c1-3-4-5-6-7-8-9-10-11-12-13-14-15-20-23-16-17-24(20,19(2)22)18-21(25)26/h4-5,16-17,19H,3,6-15,18,22H2,1-2H3/p+1/b5-4+. The van der Waals surface area contributed by atoms with Crippen molar-refractivity contribution < 1.29 is 14.4 Å². The molecule has 0 radical (unpaired) electrons. The minimum absolute atomic E-state index is 0.0273. The first-order chi connectivity index (χ1) is 12.5. The van der Waals surface area contributed by atoms with Crippen molar-refractivity contribution in [2.45, 2.75) is 90.6 Å². The molecule has 148 valence electrons. The van der Waals surface area contributed by atoms with Crippen molar-refractivity contribution in [2.24, 2.45) is 10.7 Å². The van der Waals surface area contributed by atoms with Crippen molar-refractivity contribution in [2.75, 3.05) is 6.54 Å². The molecule has 2 unspecified atom stereocenters. The highest BCUT2D eigenvalue weighted by Crippen LogP contribution is 2.23. The van der Waals surface area contributed by atoms with Crippen LogP contribution in [0.2, 0.25) is 0 Å². The van der Waals surface area contributed by atoms with Gasteiger partial charge in [0.05, 0.1) is 6.20 Å².